The standard InChI is InChI=1S/C17H27N7O/c1-3-23-12-14(10-19-23)11-22(2)17(25)16-13-24(21-20-16)9-7-15-6-4-5-8-18-15/h10,12-13,15,18H,3-9,11H2,1-2H3/t15-/m1/s1. The van der Waals surface area contributed by atoms with Crippen LogP contribution in [0.5, 0.6) is 0 Å². The highest BCUT2D eigenvalue weighted by molar-refractivity contribution is 5.91. The van der Waals surface area contributed by atoms with Crippen LogP contribution in [0.1, 0.15) is 48.7 Å². The van der Waals surface area contributed by atoms with Gasteiger partial charge in [0.15, 0.2) is 5.69 Å². The summed E-state index contributed by atoms with van der Waals surface area (Å²) in [5, 5.41) is 15.9. The summed E-state index contributed by atoms with van der Waals surface area (Å²) < 4.78 is 3.62. The van der Waals surface area contributed by atoms with Crippen molar-refractivity contribution in [3.05, 3.63) is 29.8 Å². The monoisotopic (exact) mass is 345 g/mol. The van der Waals surface area contributed by atoms with E-state index in [1.54, 1.807) is 29.0 Å². The van der Waals surface area contributed by atoms with Crippen LogP contribution >= 0.6 is 0 Å². The number of nitrogens with one attached hydrogen (secondary N) is 1. The van der Waals surface area contributed by atoms with E-state index < -0.39 is 0 Å². The van der Waals surface area contributed by atoms with Gasteiger partial charge in [0.05, 0.1) is 12.4 Å². The first-order valence-electron chi connectivity index (χ1n) is 9.06. The topological polar surface area (TPSA) is 80.9 Å². The third kappa shape index (κ3) is 4.66. The van der Waals surface area contributed by atoms with Gasteiger partial charge in [0, 0.05) is 44.5 Å². The highest BCUT2D eigenvalue weighted by Crippen LogP contribution is 2.11. The van der Waals surface area contributed by atoms with Crippen LogP contribution < -0.4 is 5.32 Å². The van der Waals surface area contributed by atoms with Crippen molar-refractivity contribution in [1.29, 1.82) is 0 Å². The van der Waals surface area contributed by atoms with Gasteiger partial charge in [-0.05, 0) is 32.7 Å². The number of aryl methyl sites for hydroxylation is 2. The minimum Gasteiger partial charge on any atom is -0.336 e. The largest absolute Gasteiger partial charge is 0.336 e. The number of carbonyl (C=O) groups excluding carboxylic acids is 1. The normalized spacial score (nSPS) is 17.6. The Bertz CT molecular complexity index is 687. The molecule has 0 spiro atoms. The molecular weight excluding hydrogens is 318 g/mol. The summed E-state index contributed by atoms with van der Waals surface area (Å²) in [6.45, 7) is 5.25. The second-order valence-electron chi connectivity index (χ2n) is 6.67. The number of piperidine rings is 1. The van der Waals surface area contributed by atoms with E-state index in [4.69, 9.17) is 0 Å². The number of hydrogen-bond acceptors (Lipinski definition) is 5. The Morgan fingerprint density at radius 2 is 2.24 bits per heavy atom. The smallest absolute Gasteiger partial charge is 0.276 e. The van der Waals surface area contributed by atoms with Crippen molar-refractivity contribution in [2.75, 3.05) is 13.6 Å². The molecule has 0 saturated carbocycles. The molecule has 0 aliphatic carbocycles. The molecule has 1 atom stereocenters. The summed E-state index contributed by atoms with van der Waals surface area (Å²) in [5.74, 6) is -0.119. The van der Waals surface area contributed by atoms with Crippen LogP contribution in [0.4, 0.5) is 0 Å². The molecule has 1 amide bonds. The van der Waals surface area contributed by atoms with E-state index in [9.17, 15) is 4.79 Å². The SMILES string of the molecule is CCn1cc(CN(C)C(=O)c2cn(CC[C@H]3CCCCN3)nn2)cn1. The maximum absolute atomic E-state index is 12.5. The lowest BCUT2D eigenvalue weighted by atomic mass is 10.0. The molecule has 136 valence electrons. The quantitative estimate of drug-likeness (QED) is 0.818. The molecule has 1 fully saturated rings. The Morgan fingerprint density at radius 3 is 2.96 bits per heavy atom. The predicted octanol–water partition coefficient (Wildman–Crippen LogP) is 1.30. The maximum Gasteiger partial charge on any atom is 0.276 e. The van der Waals surface area contributed by atoms with Crippen LogP contribution in [0, 0.1) is 0 Å². The number of nitrogens with zero attached hydrogens (tertiary/aromatic N) is 6. The zero-order valence-electron chi connectivity index (χ0n) is 15.1. The number of rotatable bonds is 7. The third-order valence-electron chi connectivity index (χ3n) is 4.65. The highest BCUT2D eigenvalue weighted by Gasteiger charge is 2.17. The minimum absolute atomic E-state index is 0.119. The van der Waals surface area contributed by atoms with Crippen molar-refractivity contribution < 1.29 is 4.79 Å². The van der Waals surface area contributed by atoms with Crippen LogP contribution in [0.3, 0.4) is 0 Å². The number of amides is 1. The lowest BCUT2D eigenvalue weighted by Gasteiger charge is -2.23. The van der Waals surface area contributed by atoms with Gasteiger partial charge in [-0.1, -0.05) is 11.6 Å². The molecule has 2 aromatic heterocycles. The molecule has 1 N–H and O–H groups in total. The van der Waals surface area contributed by atoms with E-state index in [0.717, 1.165) is 31.6 Å². The van der Waals surface area contributed by atoms with Gasteiger partial charge in [-0.15, -0.1) is 5.10 Å². The lowest BCUT2D eigenvalue weighted by Crippen LogP contribution is -2.34. The molecule has 1 aliphatic heterocycles. The van der Waals surface area contributed by atoms with E-state index in [1.165, 1.54) is 19.3 Å². The average Bonchev–Trinajstić information content (AvgIpc) is 3.29. The molecule has 8 heteroatoms. The fraction of sp³-hybridized carbons (Fsp3) is 0.647. The lowest BCUT2D eigenvalue weighted by molar-refractivity contribution is 0.0779. The van der Waals surface area contributed by atoms with E-state index in [1.807, 2.05) is 17.8 Å². The zero-order valence-corrected chi connectivity index (χ0v) is 15.1. The van der Waals surface area contributed by atoms with Gasteiger partial charge in [0.2, 0.25) is 0 Å². The van der Waals surface area contributed by atoms with Gasteiger partial charge in [0.25, 0.3) is 5.91 Å². The van der Waals surface area contributed by atoms with Gasteiger partial charge in [-0.25, -0.2) is 0 Å². The third-order valence-corrected chi connectivity index (χ3v) is 4.65. The molecule has 3 rings (SSSR count). The van der Waals surface area contributed by atoms with Crippen LogP contribution in [0.15, 0.2) is 18.6 Å². The average molecular weight is 345 g/mol. The van der Waals surface area contributed by atoms with Crippen molar-refractivity contribution in [2.24, 2.45) is 0 Å². The van der Waals surface area contributed by atoms with Crippen molar-refractivity contribution in [2.45, 2.75) is 58.3 Å². The second-order valence-corrected chi connectivity index (χ2v) is 6.67. The molecule has 8 nitrogen and oxygen atoms in total. The van der Waals surface area contributed by atoms with Gasteiger partial charge in [-0.2, -0.15) is 5.10 Å². The van der Waals surface area contributed by atoms with Gasteiger partial charge < -0.3 is 10.2 Å². The fourth-order valence-electron chi connectivity index (χ4n) is 3.17. The first kappa shape index (κ1) is 17.6. The molecule has 0 radical (unpaired) electrons. The fourth-order valence-corrected chi connectivity index (χ4v) is 3.17. The molecule has 25 heavy (non-hydrogen) atoms. The first-order valence-corrected chi connectivity index (χ1v) is 9.06. The molecule has 2 aromatic rings. The van der Waals surface area contributed by atoms with Gasteiger partial charge >= 0.3 is 0 Å². The van der Waals surface area contributed by atoms with E-state index in [-0.39, 0.29) is 5.91 Å². The number of carbonyl (C=O) groups is 1. The molecule has 1 saturated heterocycles. The van der Waals surface area contributed by atoms with E-state index in [0.29, 0.717) is 18.3 Å². The summed E-state index contributed by atoms with van der Waals surface area (Å²) in [6.07, 6.45) is 10.3. The van der Waals surface area contributed by atoms with Gasteiger partial charge in [-0.3, -0.25) is 14.2 Å². The van der Waals surface area contributed by atoms with Crippen molar-refractivity contribution in [3.63, 3.8) is 0 Å². The molecule has 0 aromatic carbocycles. The van der Waals surface area contributed by atoms with Gasteiger partial charge in [0.1, 0.15) is 0 Å². The summed E-state index contributed by atoms with van der Waals surface area (Å²) in [6, 6.07) is 0.551. The Labute approximate surface area is 148 Å². The Balaban J connectivity index is 1.52. The van der Waals surface area contributed by atoms with Crippen molar-refractivity contribution in [1.82, 2.24) is 35.0 Å². The zero-order chi connectivity index (χ0) is 17.6. The summed E-state index contributed by atoms with van der Waals surface area (Å²) >= 11 is 0. The maximum atomic E-state index is 12.5. The van der Waals surface area contributed by atoms with Crippen LogP contribution in [-0.2, 0) is 19.6 Å². The number of hydrogen-bond donors (Lipinski definition) is 1. The molecule has 0 bridgehead atoms. The Morgan fingerprint density at radius 1 is 1.36 bits per heavy atom. The van der Waals surface area contributed by atoms with E-state index >= 15 is 0 Å². The van der Waals surface area contributed by atoms with Crippen molar-refractivity contribution >= 4 is 5.91 Å². The number of aromatic nitrogens is 5. The molecular formula is C17H27N7O. The molecule has 1 aliphatic rings. The summed E-state index contributed by atoms with van der Waals surface area (Å²) in [4.78, 5) is 14.2. The Kier molecular flexibility index (Phi) is 5.80. The van der Waals surface area contributed by atoms with Crippen molar-refractivity contribution in [3.8, 4) is 0 Å². The first-order chi connectivity index (χ1) is 12.2. The van der Waals surface area contributed by atoms with Crippen LogP contribution in [0.2, 0.25) is 0 Å². The highest BCUT2D eigenvalue weighted by atomic mass is 16.2. The minimum atomic E-state index is -0.119. The summed E-state index contributed by atoms with van der Waals surface area (Å²) in [5.41, 5.74) is 1.40. The van der Waals surface area contributed by atoms with Crippen LogP contribution in [0.25, 0.3) is 0 Å². The van der Waals surface area contributed by atoms with E-state index in [2.05, 4.69) is 20.7 Å². The molecule has 3 heterocycles. The second kappa shape index (κ2) is 8.24. The predicted molar refractivity (Wildman–Crippen MR) is 94.0 cm³/mol. The summed E-state index contributed by atoms with van der Waals surface area (Å²) in [7, 11) is 1.77. The molecule has 0 unspecified atom stereocenters. The Hall–Kier alpha value is -2.22. The van der Waals surface area contributed by atoms with Crippen LogP contribution in [-0.4, -0.2) is 55.2 Å².